The van der Waals surface area contributed by atoms with Gasteiger partial charge in [-0.15, -0.1) is 0 Å². The first kappa shape index (κ1) is 17.5. The van der Waals surface area contributed by atoms with Crippen LogP contribution in [0.3, 0.4) is 0 Å². The predicted octanol–water partition coefficient (Wildman–Crippen LogP) is 3.43. The third kappa shape index (κ3) is 4.63. The van der Waals surface area contributed by atoms with Crippen LogP contribution in [0, 0.1) is 13.8 Å². The van der Waals surface area contributed by atoms with E-state index in [1.807, 2.05) is 26.0 Å². The standard InChI is InChI=1S/C20H26N4O/c1-14-6-8-19(21-13-14)23-20(25)9-7-16-11-15(2)22-17(12-16)18-5-4-10-24(18)3/h6,8,11-13,18H,4-5,7,9-10H2,1-3H3,(H,21,23,25)/t18-/m1/s1. The Morgan fingerprint density at radius 3 is 2.84 bits per heavy atom. The van der Waals surface area contributed by atoms with Gasteiger partial charge in [-0.2, -0.15) is 0 Å². The summed E-state index contributed by atoms with van der Waals surface area (Å²) < 4.78 is 0. The number of hydrogen-bond donors (Lipinski definition) is 1. The lowest BCUT2D eigenvalue weighted by Crippen LogP contribution is -2.19. The van der Waals surface area contributed by atoms with Gasteiger partial charge in [-0.25, -0.2) is 4.98 Å². The molecule has 5 heteroatoms. The van der Waals surface area contributed by atoms with Crippen LogP contribution in [0.1, 0.15) is 47.8 Å². The Hall–Kier alpha value is -2.27. The van der Waals surface area contributed by atoms with Gasteiger partial charge in [0, 0.05) is 18.3 Å². The number of amides is 1. The van der Waals surface area contributed by atoms with Crippen molar-refractivity contribution in [2.24, 2.45) is 0 Å². The van der Waals surface area contributed by atoms with Crippen molar-refractivity contribution in [1.82, 2.24) is 14.9 Å². The highest BCUT2D eigenvalue weighted by atomic mass is 16.1. The fourth-order valence-electron chi connectivity index (χ4n) is 3.37. The first-order valence-electron chi connectivity index (χ1n) is 8.91. The summed E-state index contributed by atoms with van der Waals surface area (Å²) in [5.74, 6) is 0.597. The molecule has 1 fully saturated rings. The second kappa shape index (κ2) is 7.74. The minimum atomic E-state index is -0.00893. The third-order valence-corrected chi connectivity index (χ3v) is 4.71. The smallest absolute Gasteiger partial charge is 0.225 e. The lowest BCUT2D eigenvalue weighted by molar-refractivity contribution is -0.116. The van der Waals surface area contributed by atoms with Crippen molar-refractivity contribution in [2.45, 2.75) is 45.6 Å². The number of carbonyl (C=O) groups is 1. The predicted molar refractivity (Wildman–Crippen MR) is 99.5 cm³/mol. The topological polar surface area (TPSA) is 58.1 Å². The molecular weight excluding hydrogens is 312 g/mol. The van der Waals surface area contributed by atoms with Gasteiger partial charge in [0.15, 0.2) is 0 Å². The molecular formula is C20H26N4O. The highest BCUT2D eigenvalue weighted by Crippen LogP contribution is 2.29. The second-order valence-corrected chi connectivity index (χ2v) is 6.95. The van der Waals surface area contributed by atoms with E-state index >= 15 is 0 Å². The van der Waals surface area contributed by atoms with Gasteiger partial charge in [-0.1, -0.05) is 6.07 Å². The number of anilines is 1. The Balaban J connectivity index is 1.61. The molecule has 1 saturated heterocycles. The normalized spacial score (nSPS) is 17.6. The number of hydrogen-bond acceptors (Lipinski definition) is 4. The summed E-state index contributed by atoms with van der Waals surface area (Å²) in [5.41, 5.74) is 4.41. The maximum atomic E-state index is 12.2. The molecule has 0 radical (unpaired) electrons. The molecule has 5 nitrogen and oxygen atoms in total. The molecule has 1 atom stereocenters. The molecule has 132 valence electrons. The monoisotopic (exact) mass is 338 g/mol. The van der Waals surface area contributed by atoms with E-state index in [1.54, 1.807) is 6.20 Å². The van der Waals surface area contributed by atoms with Crippen molar-refractivity contribution in [1.29, 1.82) is 0 Å². The van der Waals surface area contributed by atoms with Crippen LogP contribution in [-0.4, -0.2) is 34.4 Å². The van der Waals surface area contributed by atoms with Crippen LogP contribution in [0.2, 0.25) is 0 Å². The molecule has 0 aliphatic carbocycles. The number of carbonyl (C=O) groups excluding carboxylic acids is 1. The van der Waals surface area contributed by atoms with Crippen LogP contribution < -0.4 is 5.32 Å². The second-order valence-electron chi connectivity index (χ2n) is 6.95. The van der Waals surface area contributed by atoms with Crippen molar-refractivity contribution < 1.29 is 4.79 Å². The zero-order chi connectivity index (χ0) is 17.8. The van der Waals surface area contributed by atoms with E-state index in [0.29, 0.717) is 24.7 Å². The van der Waals surface area contributed by atoms with Crippen LogP contribution in [0.5, 0.6) is 0 Å². The molecule has 0 bridgehead atoms. The summed E-state index contributed by atoms with van der Waals surface area (Å²) in [6.07, 6.45) is 5.29. The molecule has 2 aromatic rings. The Labute approximate surface area is 149 Å². The van der Waals surface area contributed by atoms with E-state index in [0.717, 1.165) is 29.9 Å². The van der Waals surface area contributed by atoms with Gasteiger partial charge in [-0.05, 0) is 76.0 Å². The fraction of sp³-hybridized carbons (Fsp3) is 0.450. The van der Waals surface area contributed by atoms with Crippen molar-refractivity contribution in [3.05, 3.63) is 53.0 Å². The van der Waals surface area contributed by atoms with E-state index < -0.39 is 0 Å². The lowest BCUT2D eigenvalue weighted by Gasteiger charge is -2.20. The van der Waals surface area contributed by atoms with Gasteiger partial charge < -0.3 is 5.32 Å². The molecule has 1 N–H and O–H groups in total. The Morgan fingerprint density at radius 2 is 2.16 bits per heavy atom. The number of nitrogens with one attached hydrogen (secondary N) is 1. The highest BCUT2D eigenvalue weighted by molar-refractivity contribution is 5.89. The van der Waals surface area contributed by atoms with Gasteiger partial charge in [0.1, 0.15) is 5.82 Å². The SMILES string of the molecule is Cc1ccc(NC(=O)CCc2cc(C)nc([C@H]3CCCN3C)c2)nc1. The first-order valence-corrected chi connectivity index (χ1v) is 8.91. The molecule has 25 heavy (non-hydrogen) atoms. The summed E-state index contributed by atoms with van der Waals surface area (Å²) >= 11 is 0. The quantitative estimate of drug-likeness (QED) is 0.907. The molecule has 0 unspecified atom stereocenters. The summed E-state index contributed by atoms with van der Waals surface area (Å²) in [4.78, 5) is 23.5. The van der Waals surface area contributed by atoms with E-state index in [2.05, 4.69) is 34.4 Å². The number of likely N-dealkylation sites (tertiary alicyclic amines) is 1. The van der Waals surface area contributed by atoms with Gasteiger partial charge >= 0.3 is 0 Å². The Bertz CT molecular complexity index is 742. The number of pyridine rings is 2. The zero-order valence-electron chi connectivity index (χ0n) is 15.2. The van der Waals surface area contributed by atoms with E-state index in [9.17, 15) is 4.79 Å². The average Bonchev–Trinajstić information content (AvgIpc) is 3.01. The molecule has 3 heterocycles. The van der Waals surface area contributed by atoms with Gasteiger partial charge in [0.25, 0.3) is 0 Å². The van der Waals surface area contributed by atoms with Crippen LogP contribution in [-0.2, 0) is 11.2 Å². The van der Waals surface area contributed by atoms with Crippen molar-refractivity contribution in [3.63, 3.8) is 0 Å². The number of nitrogens with zero attached hydrogens (tertiary/aromatic N) is 3. The van der Waals surface area contributed by atoms with Crippen molar-refractivity contribution >= 4 is 11.7 Å². The molecule has 1 aliphatic heterocycles. The van der Waals surface area contributed by atoms with Crippen LogP contribution in [0.15, 0.2) is 30.5 Å². The van der Waals surface area contributed by atoms with Crippen LogP contribution >= 0.6 is 0 Å². The third-order valence-electron chi connectivity index (χ3n) is 4.71. The minimum absolute atomic E-state index is 0.00893. The molecule has 3 rings (SSSR count). The molecule has 0 aromatic carbocycles. The van der Waals surface area contributed by atoms with Gasteiger partial charge in [0.2, 0.25) is 5.91 Å². The van der Waals surface area contributed by atoms with Crippen molar-refractivity contribution in [2.75, 3.05) is 18.9 Å². The highest BCUT2D eigenvalue weighted by Gasteiger charge is 2.24. The Kier molecular flexibility index (Phi) is 5.43. The van der Waals surface area contributed by atoms with E-state index in [-0.39, 0.29) is 5.91 Å². The maximum Gasteiger partial charge on any atom is 0.225 e. The van der Waals surface area contributed by atoms with Gasteiger partial charge in [-0.3, -0.25) is 14.7 Å². The first-order chi connectivity index (χ1) is 12.0. The summed E-state index contributed by atoms with van der Waals surface area (Å²) in [6, 6.07) is 8.42. The minimum Gasteiger partial charge on any atom is -0.311 e. The largest absolute Gasteiger partial charge is 0.311 e. The van der Waals surface area contributed by atoms with E-state index in [4.69, 9.17) is 4.98 Å². The van der Waals surface area contributed by atoms with Crippen molar-refractivity contribution in [3.8, 4) is 0 Å². The molecule has 1 aliphatic rings. The summed E-state index contributed by atoms with van der Waals surface area (Å²) in [5, 5.41) is 2.86. The molecule has 2 aromatic heterocycles. The summed E-state index contributed by atoms with van der Waals surface area (Å²) in [6.45, 7) is 5.13. The number of rotatable bonds is 5. The fourth-order valence-corrected chi connectivity index (χ4v) is 3.37. The Morgan fingerprint density at radius 1 is 1.32 bits per heavy atom. The molecule has 0 saturated carbocycles. The average molecular weight is 338 g/mol. The van der Waals surface area contributed by atoms with Crippen LogP contribution in [0.4, 0.5) is 5.82 Å². The summed E-state index contributed by atoms with van der Waals surface area (Å²) in [7, 11) is 2.16. The zero-order valence-corrected chi connectivity index (χ0v) is 15.2. The number of aromatic nitrogens is 2. The van der Waals surface area contributed by atoms with Crippen LogP contribution in [0.25, 0.3) is 0 Å². The van der Waals surface area contributed by atoms with E-state index in [1.165, 1.54) is 12.0 Å². The molecule has 0 spiro atoms. The lowest BCUT2D eigenvalue weighted by atomic mass is 10.0. The maximum absolute atomic E-state index is 12.2. The number of aryl methyl sites for hydroxylation is 3. The van der Waals surface area contributed by atoms with Gasteiger partial charge in [0.05, 0.1) is 11.7 Å². The molecule has 1 amide bonds.